The standard InChI is InChI=1S/C25H27N7O4.2ClH/c26-23(33)14-21-20-7-3-18(24(27)28)13-17(20)4-8-22(21)36-25(34)16-1-5-19(6-2-16)29-15-30-31-32-9-11-35-12-10-32;;/h1-8,13,15,31H,9-12,14H2,(H2,26,33)(H3,27,28)(H,29,30);2*1H. The summed E-state index contributed by atoms with van der Waals surface area (Å²) in [5.41, 5.74) is 19.0. The molecule has 38 heavy (non-hydrogen) atoms. The van der Waals surface area contributed by atoms with Gasteiger partial charge in [-0.2, -0.15) is 5.53 Å². The largest absolute Gasteiger partial charge is 0.423 e. The van der Waals surface area contributed by atoms with Crippen molar-refractivity contribution >= 4 is 65.3 Å². The lowest BCUT2D eigenvalue weighted by Gasteiger charge is -2.26. The molecule has 0 atom stereocenters. The van der Waals surface area contributed by atoms with E-state index in [-0.39, 0.29) is 42.8 Å². The second-order valence-corrected chi connectivity index (χ2v) is 8.09. The van der Waals surface area contributed by atoms with E-state index in [1.807, 2.05) is 5.01 Å². The Hall–Kier alpha value is -3.74. The van der Waals surface area contributed by atoms with E-state index in [9.17, 15) is 9.59 Å². The van der Waals surface area contributed by atoms with Crippen LogP contribution in [0.25, 0.3) is 10.8 Å². The minimum Gasteiger partial charge on any atom is -0.423 e. The molecule has 1 fully saturated rings. The maximum absolute atomic E-state index is 12.8. The molecule has 3 aromatic carbocycles. The number of nitrogen functional groups attached to an aromatic ring is 1. The fourth-order valence-electron chi connectivity index (χ4n) is 3.74. The van der Waals surface area contributed by atoms with Gasteiger partial charge in [-0.1, -0.05) is 18.2 Å². The number of ether oxygens (including phenoxy) is 2. The number of benzene rings is 3. The molecule has 0 aliphatic carbocycles. The van der Waals surface area contributed by atoms with Crippen LogP contribution < -0.4 is 27.2 Å². The number of rotatable bonds is 9. The lowest BCUT2D eigenvalue weighted by atomic mass is 9.98. The summed E-state index contributed by atoms with van der Waals surface area (Å²) in [5, 5.41) is 11.0. The molecule has 0 unspecified atom stereocenters. The second-order valence-electron chi connectivity index (χ2n) is 8.09. The third kappa shape index (κ3) is 7.88. The molecular formula is C25H29Cl2N7O4. The molecule has 3 aromatic rings. The van der Waals surface area contributed by atoms with E-state index >= 15 is 0 Å². The average molecular weight is 562 g/mol. The summed E-state index contributed by atoms with van der Waals surface area (Å²) in [4.78, 5) is 28.8. The van der Waals surface area contributed by atoms with Gasteiger partial charge in [0, 0.05) is 24.2 Å². The Labute approximate surface area is 231 Å². The molecule has 13 heteroatoms. The number of nitrogens with one attached hydrogen (secondary N) is 3. The predicted molar refractivity (Wildman–Crippen MR) is 151 cm³/mol. The zero-order valence-corrected chi connectivity index (χ0v) is 21.9. The van der Waals surface area contributed by atoms with Crippen LogP contribution in [0.1, 0.15) is 21.5 Å². The van der Waals surface area contributed by atoms with Crippen LogP contribution in [0.3, 0.4) is 0 Å². The summed E-state index contributed by atoms with van der Waals surface area (Å²) < 4.78 is 10.9. The number of nitrogens with zero attached hydrogens (tertiary/aromatic N) is 2. The number of hydrogen-bond donors (Lipinski definition) is 5. The summed E-state index contributed by atoms with van der Waals surface area (Å²) in [6, 6.07) is 15.1. The van der Waals surface area contributed by atoms with Crippen LogP contribution in [-0.4, -0.2) is 55.4 Å². The lowest BCUT2D eigenvalue weighted by molar-refractivity contribution is -0.117. The Morgan fingerprint density at radius 3 is 2.37 bits per heavy atom. The van der Waals surface area contributed by atoms with Crippen molar-refractivity contribution in [2.24, 2.45) is 16.5 Å². The van der Waals surface area contributed by atoms with Gasteiger partial charge in [0.25, 0.3) is 0 Å². The van der Waals surface area contributed by atoms with Crippen molar-refractivity contribution in [2.75, 3.05) is 26.3 Å². The maximum atomic E-state index is 12.8. The maximum Gasteiger partial charge on any atom is 0.343 e. The van der Waals surface area contributed by atoms with Crippen molar-refractivity contribution in [1.82, 2.24) is 16.0 Å². The summed E-state index contributed by atoms with van der Waals surface area (Å²) in [6.07, 6.45) is 1.41. The van der Waals surface area contributed by atoms with Gasteiger partial charge in [0.2, 0.25) is 5.91 Å². The molecular weight excluding hydrogens is 533 g/mol. The molecule has 202 valence electrons. The summed E-state index contributed by atoms with van der Waals surface area (Å²) in [5.74, 6) is -0.972. The van der Waals surface area contributed by atoms with E-state index < -0.39 is 11.9 Å². The zero-order chi connectivity index (χ0) is 25.5. The SMILES string of the molecule is Cl.Cl.N=C(N)c1ccc2c(CC(N)=O)c(OC(=O)c3ccc(N=CNNN4CCOCC4)cc3)ccc2c1. The fraction of sp³-hybridized carbons (Fsp3) is 0.200. The molecule has 0 aromatic heterocycles. The molecule has 1 saturated heterocycles. The Kier molecular flexibility index (Phi) is 11.4. The lowest BCUT2D eigenvalue weighted by Crippen LogP contribution is -2.51. The van der Waals surface area contributed by atoms with Gasteiger partial charge in [0.1, 0.15) is 17.9 Å². The monoisotopic (exact) mass is 561 g/mol. The first kappa shape index (κ1) is 30.5. The van der Waals surface area contributed by atoms with Gasteiger partial charge in [0.15, 0.2) is 0 Å². The minimum atomic E-state index is -0.580. The Morgan fingerprint density at radius 1 is 1.03 bits per heavy atom. The third-order valence-electron chi connectivity index (χ3n) is 5.57. The molecule has 0 bridgehead atoms. The number of amidine groups is 1. The highest BCUT2D eigenvalue weighted by Gasteiger charge is 2.16. The summed E-state index contributed by atoms with van der Waals surface area (Å²) in [6.45, 7) is 2.89. The number of morpholine rings is 1. The van der Waals surface area contributed by atoms with Crippen molar-refractivity contribution < 1.29 is 19.1 Å². The quantitative estimate of drug-likeness (QED) is 0.0870. The summed E-state index contributed by atoms with van der Waals surface area (Å²) >= 11 is 0. The van der Waals surface area contributed by atoms with Crippen molar-refractivity contribution in [3.63, 3.8) is 0 Å². The number of primary amides is 1. The fourth-order valence-corrected chi connectivity index (χ4v) is 3.74. The van der Waals surface area contributed by atoms with Crippen molar-refractivity contribution in [3.8, 4) is 5.75 Å². The van der Waals surface area contributed by atoms with E-state index in [0.29, 0.717) is 41.0 Å². The average Bonchev–Trinajstić information content (AvgIpc) is 2.88. The number of fused-ring (bicyclic) bond motifs is 1. The third-order valence-corrected chi connectivity index (χ3v) is 5.57. The van der Waals surface area contributed by atoms with Crippen LogP contribution in [0.5, 0.6) is 5.75 Å². The Bertz CT molecular complexity index is 1310. The number of nitrogens with two attached hydrogens (primary N) is 2. The normalized spacial score (nSPS) is 13.4. The van der Waals surface area contributed by atoms with Crippen molar-refractivity contribution in [2.45, 2.75) is 6.42 Å². The Morgan fingerprint density at radius 2 is 1.71 bits per heavy atom. The number of esters is 1. The number of carbonyl (C=O) groups is 2. The molecule has 1 amide bonds. The van der Waals surface area contributed by atoms with Crippen molar-refractivity contribution in [1.29, 1.82) is 5.41 Å². The van der Waals surface area contributed by atoms with Crippen LogP contribution in [0.4, 0.5) is 5.69 Å². The number of amides is 1. The van der Waals surface area contributed by atoms with E-state index in [2.05, 4.69) is 16.0 Å². The molecule has 1 aliphatic heterocycles. The number of carbonyl (C=O) groups excluding carboxylic acids is 2. The molecule has 1 aliphatic rings. The molecule has 7 N–H and O–H groups in total. The van der Waals surface area contributed by atoms with Gasteiger partial charge >= 0.3 is 5.97 Å². The molecule has 1 heterocycles. The highest BCUT2D eigenvalue weighted by Crippen LogP contribution is 2.30. The van der Waals surface area contributed by atoms with E-state index in [1.54, 1.807) is 54.6 Å². The van der Waals surface area contributed by atoms with Crippen LogP contribution in [0.15, 0.2) is 59.6 Å². The molecule has 0 radical (unpaired) electrons. The van der Waals surface area contributed by atoms with Gasteiger partial charge in [0.05, 0.1) is 30.9 Å². The molecule has 11 nitrogen and oxygen atoms in total. The van der Waals surface area contributed by atoms with E-state index in [1.165, 1.54) is 6.34 Å². The predicted octanol–water partition coefficient (Wildman–Crippen LogP) is 2.22. The second kappa shape index (κ2) is 14.3. The number of hydrazine groups is 2. The zero-order valence-electron chi connectivity index (χ0n) is 20.3. The Balaban J connectivity index is 0.00000253. The van der Waals surface area contributed by atoms with Gasteiger partial charge in [-0.15, -0.1) is 24.8 Å². The van der Waals surface area contributed by atoms with Crippen LogP contribution in [0.2, 0.25) is 0 Å². The van der Waals surface area contributed by atoms with E-state index in [4.69, 9.17) is 26.4 Å². The molecule has 4 rings (SSSR count). The van der Waals surface area contributed by atoms with E-state index in [0.717, 1.165) is 18.5 Å². The first-order valence-corrected chi connectivity index (χ1v) is 11.3. The highest BCUT2D eigenvalue weighted by atomic mass is 35.5. The first-order valence-electron chi connectivity index (χ1n) is 11.3. The van der Waals surface area contributed by atoms with Gasteiger partial charge in [-0.25, -0.2) is 14.8 Å². The van der Waals surface area contributed by atoms with Crippen LogP contribution >= 0.6 is 24.8 Å². The minimum absolute atomic E-state index is 0. The number of hydrogen-bond acceptors (Lipinski definition) is 8. The highest BCUT2D eigenvalue weighted by molar-refractivity contribution is 6.01. The summed E-state index contributed by atoms with van der Waals surface area (Å²) in [7, 11) is 0. The smallest absolute Gasteiger partial charge is 0.343 e. The molecule has 0 spiro atoms. The van der Waals surface area contributed by atoms with Crippen LogP contribution in [-0.2, 0) is 16.0 Å². The van der Waals surface area contributed by atoms with Crippen molar-refractivity contribution in [3.05, 3.63) is 71.3 Å². The number of aliphatic imine (C=N–C) groups is 1. The van der Waals surface area contributed by atoms with Crippen LogP contribution in [0, 0.1) is 5.41 Å². The topological polar surface area (TPSA) is 168 Å². The first-order chi connectivity index (χ1) is 17.4. The van der Waals surface area contributed by atoms with Gasteiger partial charge in [-0.05, 0) is 47.2 Å². The van der Waals surface area contributed by atoms with Gasteiger partial charge < -0.3 is 20.9 Å². The number of halogens is 2. The van der Waals surface area contributed by atoms with Gasteiger partial charge in [-0.3, -0.25) is 15.6 Å². The molecule has 0 saturated carbocycles.